The summed E-state index contributed by atoms with van der Waals surface area (Å²) < 4.78 is 4.85. The fourth-order valence-corrected chi connectivity index (χ4v) is 1.77. The molecule has 2 rings (SSSR count). The van der Waals surface area contributed by atoms with Gasteiger partial charge in [0.1, 0.15) is 0 Å². The van der Waals surface area contributed by atoms with E-state index in [1.165, 1.54) is 24.5 Å². The number of carbonyl (C=O) groups excluding carboxylic acids is 2. The van der Waals surface area contributed by atoms with E-state index in [0.717, 1.165) is 0 Å². The van der Waals surface area contributed by atoms with Gasteiger partial charge in [-0.3, -0.25) is 10.1 Å². The lowest BCUT2D eigenvalue weighted by molar-refractivity contribution is 0.0940. The van der Waals surface area contributed by atoms with Crippen molar-refractivity contribution in [2.24, 2.45) is 0 Å². The van der Waals surface area contributed by atoms with Crippen LogP contribution in [0.5, 0.6) is 0 Å². The van der Waals surface area contributed by atoms with Crippen LogP contribution >= 0.6 is 23.2 Å². The molecule has 0 bridgehead atoms. The average Bonchev–Trinajstić information content (AvgIpc) is 2.86. The predicted molar refractivity (Wildman–Crippen MR) is 71.7 cm³/mol. The van der Waals surface area contributed by atoms with Crippen LogP contribution in [0.2, 0.25) is 10.0 Å². The Labute approximate surface area is 118 Å². The number of imide groups is 1. The minimum atomic E-state index is -0.717. The summed E-state index contributed by atoms with van der Waals surface area (Å²) >= 11 is 11.6. The molecule has 7 heteroatoms. The van der Waals surface area contributed by atoms with Crippen molar-refractivity contribution in [3.05, 3.63) is 52.4 Å². The highest BCUT2D eigenvalue weighted by Gasteiger charge is 2.13. The lowest BCUT2D eigenvalue weighted by Gasteiger charge is -2.07. The highest BCUT2D eigenvalue weighted by Crippen LogP contribution is 2.25. The Bertz CT molecular complexity index is 611. The van der Waals surface area contributed by atoms with Crippen molar-refractivity contribution >= 4 is 40.8 Å². The molecule has 0 atom stereocenters. The molecule has 0 aliphatic carbocycles. The van der Waals surface area contributed by atoms with Crippen molar-refractivity contribution in [1.82, 2.24) is 5.32 Å². The number of urea groups is 1. The standard InChI is InChI=1S/C12H8Cl2N2O3/c13-7-3-4-9(8(14)6-7)15-12(18)16-11(17)10-2-1-5-19-10/h1-6H,(H2,15,16,17,18). The molecule has 1 aromatic heterocycles. The van der Waals surface area contributed by atoms with Crippen LogP contribution in [0.1, 0.15) is 10.6 Å². The Hall–Kier alpha value is -1.98. The molecule has 1 aromatic carbocycles. The maximum Gasteiger partial charge on any atom is 0.326 e. The molecule has 0 spiro atoms. The molecule has 5 nitrogen and oxygen atoms in total. The van der Waals surface area contributed by atoms with E-state index in [9.17, 15) is 9.59 Å². The van der Waals surface area contributed by atoms with E-state index in [1.54, 1.807) is 12.1 Å². The number of halogens is 2. The van der Waals surface area contributed by atoms with E-state index in [4.69, 9.17) is 27.6 Å². The Balaban J connectivity index is 2.00. The van der Waals surface area contributed by atoms with Crippen LogP contribution in [0.15, 0.2) is 41.0 Å². The second kappa shape index (κ2) is 5.77. The maximum absolute atomic E-state index is 11.6. The van der Waals surface area contributed by atoms with Crippen molar-refractivity contribution in [2.75, 3.05) is 5.32 Å². The van der Waals surface area contributed by atoms with Crippen LogP contribution in [-0.4, -0.2) is 11.9 Å². The van der Waals surface area contributed by atoms with E-state index < -0.39 is 11.9 Å². The van der Waals surface area contributed by atoms with Crippen LogP contribution in [0.3, 0.4) is 0 Å². The molecule has 0 saturated heterocycles. The Morgan fingerprint density at radius 3 is 2.58 bits per heavy atom. The fourth-order valence-electron chi connectivity index (χ4n) is 1.32. The van der Waals surface area contributed by atoms with Gasteiger partial charge in [0.15, 0.2) is 5.76 Å². The summed E-state index contributed by atoms with van der Waals surface area (Å²) in [4.78, 5) is 23.1. The van der Waals surface area contributed by atoms with Gasteiger partial charge in [0.05, 0.1) is 17.0 Å². The Morgan fingerprint density at radius 1 is 1.16 bits per heavy atom. The molecule has 2 aromatic rings. The third-order valence-electron chi connectivity index (χ3n) is 2.15. The topological polar surface area (TPSA) is 71.3 Å². The van der Waals surface area contributed by atoms with Gasteiger partial charge < -0.3 is 9.73 Å². The van der Waals surface area contributed by atoms with Gasteiger partial charge in [0, 0.05) is 5.02 Å². The average molecular weight is 299 g/mol. The molecule has 3 amide bonds. The van der Waals surface area contributed by atoms with Gasteiger partial charge in [-0.2, -0.15) is 0 Å². The number of amides is 3. The largest absolute Gasteiger partial charge is 0.459 e. The molecule has 0 aliphatic heterocycles. The first-order chi connectivity index (χ1) is 9.06. The van der Waals surface area contributed by atoms with Crippen LogP contribution in [0, 0.1) is 0 Å². The summed E-state index contributed by atoms with van der Waals surface area (Å²) in [6.07, 6.45) is 1.34. The molecule has 0 unspecified atom stereocenters. The lowest BCUT2D eigenvalue weighted by Crippen LogP contribution is -2.34. The highest BCUT2D eigenvalue weighted by molar-refractivity contribution is 6.36. The second-order valence-electron chi connectivity index (χ2n) is 3.51. The van der Waals surface area contributed by atoms with Crippen molar-refractivity contribution in [1.29, 1.82) is 0 Å². The zero-order valence-corrected chi connectivity index (χ0v) is 11.0. The normalized spacial score (nSPS) is 10.0. The van der Waals surface area contributed by atoms with Gasteiger partial charge >= 0.3 is 6.03 Å². The third kappa shape index (κ3) is 3.49. The number of anilines is 1. The maximum atomic E-state index is 11.6. The van der Waals surface area contributed by atoms with Crippen LogP contribution in [0.25, 0.3) is 0 Å². The first-order valence-electron chi connectivity index (χ1n) is 5.17. The number of furan rings is 1. The molecular formula is C12H8Cl2N2O3. The first kappa shape index (κ1) is 13.5. The van der Waals surface area contributed by atoms with E-state index in [1.807, 2.05) is 0 Å². The molecule has 1 heterocycles. The number of hydrogen-bond donors (Lipinski definition) is 2. The Morgan fingerprint density at radius 2 is 1.95 bits per heavy atom. The van der Waals surface area contributed by atoms with Crippen LogP contribution < -0.4 is 10.6 Å². The summed E-state index contributed by atoms with van der Waals surface area (Å²) in [6, 6.07) is 6.85. The van der Waals surface area contributed by atoms with Crippen molar-refractivity contribution in [2.45, 2.75) is 0 Å². The number of nitrogens with one attached hydrogen (secondary N) is 2. The summed E-state index contributed by atoms with van der Waals surface area (Å²) in [5.41, 5.74) is 0.343. The van der Waals surface area contributed by atoms with Gasteiger partial charge in [-0.25, -0.2) is 4.79 Å². The minimum absolute atomic E-state index is 0.0392. The Kier molecular flexibility index (Phi) is 4.09. The second-order valence-corrected chi connectivity index (χ2v) is 4.35. The van der Waals surface area contributed by atoms with Gasteiger partial charge in [-0.1, -0.05) is 23.2 Å². The lowest BCUT2D eigenvalue weighted by atomic mass is 10.3. The van der Waals surface area contributed by atoms with E-state index in [2.05, 4.69) is 10.6 Å². The number of carbonyl (C=O) groups is 2. The summed E-state index contributed by atoms with van der Waals surface area (Å²) in [5, 5.41) is 5.24. The summed E-state index contributed by atoms with van der Waals surface area (Å²) in [6.45, 7) is 0. The monoisotopic (exact) mass is 298 g/mol. The molecule has 0 aliphatic rings. The van der Waals surface area contributed by atoms with E-state index in [0.29, 0.717) is 10.7 Å². The van der Waals surface area contributed by atoms with E-state index in [-0.39, 0.29) is 10.8 Å². The zero-order valence-electron chi connectivity index (χ0n) is 9.44. The number of benzene rings is 1. The zero-order chi connectivity index (χ0) is 13.8. The first-order valence-corrected chi connectivity index (χ1v) is 5.93. The number of rotatable bonds is 2. The third-order valence-corrected chi connectivity index (χ3v) is 2.70. The van der Waals surface area contributed by atoms with Crippen molar-refractivity contribution in [3.8, 4) is 0 Å². The quantitative estimate of drug-likeness (QED) is 0.890. The van der Waals surface area contributed by atoms with Gasteiger partial charge in [0.25, 0.3) is 5.91 Å². The minimum Gasteiger partial charge on any atom is -0.459 e. The van der Waals surface area contributed by atoms with Crippen LogP contribution in [-0.2, 0) is 0 Å². The molecule has 19 heavy (non-hydrogen) atoms. The fraction of sp³-hybridized carbons (Fsp3) is 0. The van der Waals surface area contributed by atoms with Crippen molar-refractivity contribution in [3.63, 3.8) is 0 Å². The summed E-state index contributed by atoms with van der Waals surface area (Å²) in [7, 11) is 0. The predicted octanol–water partition coefficient (Wildman–Crippen LogP) is 3.55. The molecule has 2 N–H and O–H groups in total. The summed E-state index contributed by atoms with van der Waals surface area (Å²) in [5.74, 6) is -0.607. The SMILES string of the molecule is O=C(NC(=O)c1ccco1)Nc1ccc(Cl)cc1Cl. The molecule has 0 saturated carbocycles. The molecule has 98 valence electrons. The van der Waals surface area contributed by atoms with Gasteiger partial charge in [-0.15, -0.1) is 0 Å². The van der Waals surface area contributed by atoms with Gasteiger partial charge in [-0.05, 0) is 30.3 Å². The van der Waals surface area contributed by atoms with Crippen LogP contribution in [0.4, 0.5) is 10.5 Å². The molecular weight excluding hydrogens is 291 g/mol. The smallest absolute Gasteiger partial charge is 0.326 e. The van der Waals surface area contributed by atoms with Gasteiger partial charge in [0.2, 0.25) is 0 Å². The van der Waals surface area contributed by atoms with E-state index >= 15 is 0 Å². The number of hydrogen-bond acceptors (Lipinski definition) is 3. The molecule has 0 radical (unpaired) electrons. The highest BCUT2D eigenvalue weighted by atomic mass is 35.5. The van der Waals surface area contributed by atoms with Crippen molar-refractivity contribution < 1.29 is 14.0 Å². The molecule has 0 fully saturated rings.